The van der Waals surface area contributed by atoms with Crippen LogP contribution in [-0.2, 0) is 20.9 Å². The third kappa shape index (κ3) is 6.19. The fourth-order valence-corrected chi connectivity index (χ4v) is 3.79. The van der Waals surface area contributed by atoms with E-state index in [2.05, 4.69) is 20.2 Å². The smallest absolute Gasteiger partial charge is 0.475 e. The molecule has 2 aliphatic heterocycles. The van der Waals surface area contributed by atoms with Gasteiger partial charge < -0.3 is 24.5 Å². The van der Waals surface area contributed by atoms with Crippen molar-refractivity contribution >= 4 is 17.8 Å². The Balaban J connectivity index is 0.000000360. The number of carbonyl (C=O) groups is 2. The highest BCUT2D eigenvalue weighted by atomic mass is 19.4. The number of aromatic nitrogens is 2. The lowest BCUT2D eigenvalue weighted by Crippen LogP contribution is -2.53. The lowest BCUT2D eigenvalue weighted by Gasteiger charge is -2.44. The van der Waals surface area contributed by atoms with Crippen molar-refractivity contribution in [3.63, 3.8) is 0 Å². The van der Waals surface area contributed by atoms with Crippen molar-refractivity contribution in [1.82, 2.24) is 15.3 Å². The normalized spacial score (nSPS) is 22.8. The minimum Gasteiger partial charge on any atom is -0.475 e. The van der Waals surface area contributed by atoms with Crippen LogP contribution in [0.3, 0.4) is 0 Å². The van der Waals surface area contributed by atoms with Crippen molar-refractivity contribution < 1.29 is 37.0 Å². The van der Waals surface area contributed by atoms with E-state index >= 15 is 0 Å². The Labute approximate surface area is 181 Å². The van der Waals surface area contributed by atoms with Gasteiger partial charge in [-0.05, 0) is 31.0 Å². The Hall–Kier alpha value is -3.15. The summed E-state index contributed by atoms with van der Waals surface area (Å²) in [5, 5.41) is 10.1. The molecule has 174 valence electrons. The summed E-state index contributed by atoms with van der Waals surface area (Å²) in [5.74, 6) is -1.10. The standard InChI is InChI=1S/C18H22N4O3.C2HF3O2/c23-17(21-11-13-3-1-9-24-13)14-5-10-25-16-4-8-22(12-15(14)16)18-19-6-2-7-20-18;3-2(4,5)1(6)7/h1-3,6-7,9,14-16H,4-5,8,10-12H2,(H,21,23);(H,6,7)/t14-,15-,16-;/m1./s1. The lowest BCUT2D eigenvalue weighted by atomic mass is 9.79. The molecular formula is C20H23F3N4O5. The highest BCUT2D eigenvalue weighted by Crippen LogP contribution is 2.34. The van der Waals surface area contributed by atoms with Crippen LogP contribution in [0.25, 0.3) is 0 Å². The summed E-state index contributed by atoms with van der Waals surface area (Å²) < 4.78 is 43.0. The number of ether oxygens (including phenoxy) is 1. The van der Waals surface area contributed by atoms with Gasteiger partial charge in [-0.3, -0.25) is 4.79 Å². The summed E-state index contributed by atoms with van der Waals surface area (Å²) in [6.07, 6.45) is 1.80. The lowest BCUT2D eigenvalue weighted by molar-refractivity contribution is -0.192. The van der Waals surface area contributed by atoms with E-state index in [1.165, 1.54) is 0 Å². The maximum Gasteiger partial charge on any atom is 0.490 e. The number of alkyl halides is 3. The molecule has 4 rings (SSSR count). The van der Waals surface area contributed by atoms with Gasteiger partial charge in [0, 0.05) is 43.9 Å². The quantitative estimate of drug-likeness (QED) is 0.720. The molecule has 4 heterocycles. The summed E-state index contributed by atoms with van der Waals surface area (Å²) in [7, 11) is 0. The number of anilines is 1. The third-order valence-electron chi connectivity index (χ3n) is 5.30. The van der Waals surface area contributed by atoms with Crippen molar-refractivity contribution in [1.29, 1.82) is 0 Å². The van der Waals surface area contributed by atoms with E-state index in [1.807, 2.05) is 18.2 Å². The molecule has 2 fully saturated rings. The molecule has 9 nitrogen and oxygen atoms in total. The molecule has 0 saturated carbocycles. The Morgan fingerprint density at radius 3 is 2.56 bits per heavy atom. The maximum absolute atomic E-state index is 12.7. The summed E-state index contributed by atoms with van der Waals surface area (Å²) >= 11 is 0. The summed E-state index contributed by atoms with van der Waals surface area (Å²) in [6, 6.07) is 5.50. The highest BCUT2D eigenvalue weighted by Gasteiger charge is 2.42. The van der Waals surface area contributed by atoms with E-state index in [0.717, 1.165) is 37.6 Å². The molecule has 2 aromatic heterocycles. The van der Waals surface area contributed by atoms with Gasteiger partial charge in [0.2, 0.25) is 11.9 Å². The monoisotopic (exact) mass is 456 g/mol. The molecule has 0 radical (unpaired) electrons. The molecule has 2 aliphatic rings. The highest BCUT2D eigenvalue weighted by molar-refractivity contribution is 5.79. The first-order chi connectivity index (χ1) is 15.3. The number of furan rings is 1. The van der Waals surface area contributed by atoms with Gasteiger partial charge in [-0.15, -0.1) is 0 Å². The van der Waals surface area contributed by atoms with Gasteiger partial charge in [0.25, 0.3) is 0 Å². The predicted octanol–water partition coefficient (Wildman–Crippen LogP) is 2.25. The first kappa shape index (κ1) is 23.5. The van der Waals surface area contributed by atoms with Gasteiger partial charge in [0.05, 0.1) is 18.9 Å². The number of rotatable bonds is 4. The molecule has 1 amide bonds. The molecule has 0 bridgehead atoms. The first-order valence-corrected chi connectivity index (χ1v) is 9.99. The van der Waals surface area contributed by atoms with E-state index in [-0.39, 0.29) is 23.8 Å². The van der Waals surface area contributed by atoms with Gasteiger partial charge >= 0.3 is 12.1 Å². The van der Waals surface area contributed by atoms with E-state index in [9.17, 15) is 18.0 Å². The average molecular weight is 456 g/mol. The van der Waals surface area contributed by atoms with Crippen LogP contribution in [0.15, 0.2) is 41.3 Å². The molecule has 0 aliphatic carbocycles. The van der Waals surface area contributed by atoms with Crippen LogP contribution in [0.2, 0.25) is 0 Å². The van der Waals surface area contributed by atoms with E-state index in [1.54, 1.807) is 18.7 Å². The second kappa shape index (κ2) is 10.4. The summed E-state index contributed by atoms with van der Waals surface area (Å²) in [5.41, 5.74) is 0. The van der Waals surface area contributed by atoms with E-state index in [4.69, 9.17) is 19.1 Å². The molecule has 0 aromatic carbocycles. The number of halogens is 3. The zero-order valence-electron chi connectivity index (χ0n) is 17.0. The first-order valence-electron chi connectivity index (χ1n) is 9.99. The summed E-state index contributed by atoms with van der Waals surface area (Å²) in [4.78, 5) is 32.5. The Bertz CT molecular complexity index is 879. The van der Waals surface area contributed by atoms with Gasteiger partial charge in [0.1, 0.15) is 5.76 Å². The Morgan fingerprint density at radius 2 is 1.94 bits per heavy atom. The van der Waals surface area contributed by atoms with Gasteiger partial charge in [-0.25, -0.2) is 14.8 Å². The minimum absolute atomic E-state index is 0.0553. The Morgan fingerprint density at radius 1 is 1.22 bits per heavy atom. The molecule has 2 aromatic rings. The molecular weight excluding hydrogens is 433 g/mol. The summed E-state index contributed by atoms with van der Waals surface area (Å²) in [6.45, 7) is 2.66. The number of hydrogen-bond donors (Lipinski definition) is 2. The largest absolute Gasteiger partial charge is 0.490 e. The second-order valence-electron chi connectivity index (χ2n) is 7.35. The van der Waals surface area contributed by atoms with Crippen molar-refractivity contribution in [2.24, 2.45) is 11.8 Å². The number of nitrogens with zero attached hydrogens (tertiary/aromatic N) is 3. The predicted molar refractivity (Wildman–Crippen MR) is 104 cm³/mol. The van der Waals surface area contributed by atoms with Crippen LogP contribution in [0.1, 0.15) is 18.6 Å². The zero-order valence-corrected chi connectivity index (χ0v) is 17.0. The SMILES string of the molecule is O=C(NCc1ccco1)[C@@H]1CCO[C@@H]2CCN(c3ncccn3)C[C@@H]21.O=C(O)C(F)(F)F. The number of carboxylic acid groups (broad SMARTS) is 1. The van der Waals surface area contributed by atoms with Crippen LogP contribution in [-0.4, -0.2) is 58.9 Å². The number of aliphatic carboxylic acids is 1. The maximum atomic E-state index is 12.7. The number of amides is 1. The van der Waals surface area contributed by atoms with Gasteiger partial charge in [-0.1, -0.05) is 0 Å². The van der Waals surface area contributed by atoms with Crippen LogP contribution < -0.4 is 10.2 Å². The van der Waals surface area contributed by atoms with Crippen LogP contribution >= 0.6 is 0 Å². The van der Waals surface area contributed by atoms with Crippen LogP contribution in [0.5, 0.6) is 0 Å². The van der Waals surface area contributed by atoms with Crippen LogP contribution in [0, 0.1) is 11.8 Å². The molecule has 2 saturated heterocycles. The molecule has 32 heavy (non-hydrogen) atoms. The second-order valence-corrected chi connectivity index (χ2v) is 7.35. The van der Waals surface area contributed by atoms with E-state index < -0.39 is 12.1 Å². The van der Waals surface area contributed by atoms with Gasteiger partial charge in [-0.2, -0.15) is 13.2 Å². The number of carboxylic acids is 1. The number of piperidine rings is 1. The number of nitrogens with one attached hydrogen (secondary N) is 1. The van der Waals surface area contributed by atoms with Crippen molar-refractivity contribution in [3.8, 4) is 0 Å². The number of fused-ring (bicyclic) bond motifs is 1. The van der Waals surface area contributed by atoms with Crippen LogP contribution in [0.4, 0.5) is 19.1 Å². The molecule has 0 unspecified atom stereocenters. The molecule has 12 heteroatoms. The fourth-order valence-electron chi connectivity index (χ4n) is 3.79. The van der Waals surface area contributed by atoms with E-state index in [0.29, 0.717) is 13.2 Å². The number of hydrogen-bond acceptors (Lipinski definition) is 7. The van der Waals surface area contributed by atoms with Gasteiger partial charge in [0.15, 0.2) is 0 Å². The van der Waals surface area contributed by atoms with Crippen molar-refractivity contribution in [3.05, 3.63) is 42.6 Å². The van der Waals surface area contributed by atoms with Crippen molar-refractivity contribution in [2.75, 3.05) is 24.6 Å². The molecule has 2 N–H and O–H groups in total. The molecule has 3 atom stereocenters. The topological polar surface area (TPSA) is 118 Å². The average Bonchev–Trinajstić information content (AvgIpc) is 3.31. The molecule has 0 spiro atoms. The van der Waals surface area contributed by atoms with Crippen molar-refractivity contribution in [2.45, 2.75) is 31.7 Å². The number of carbonyl (C=O) groups excluding carboxylic acids is 1. The Kier molecular flexibility index (Phi) is 7.67. The fraction of sp³-hybridized carbons (Fsp3) is 0.500. The minimum atomic E-state index is -5.08. The third-order valence-corrected chi connectivity index (χ3v) is 5.30. The zero-order chi connectivity index (χ0) is 23.1.